The Morgan fingerprint density at radius 3 is 2.13 bits per heavy atom. The first-order chi connectivity index (χ1) is 14.5. The van der Waals surface area contributed by atoms with Crippen molar-refractivity contribution < 1.29 is 17.6 Å². The molecule has 3 aromatic rings. The maximum absolute atomic E-state index is 14.8. The van der Waals surface area contributed by atoms with Gasteiger partial charge in [-0.3, -0.25) is 0 Å². The van der Waals surface area contributed by atoms with E-state index in [-0.39, 0.29) is 11.1 Å². The number of hydrogen-bond donors (Lipinski definition) is 0. The highest BCUT2D eigenvalue weighted by Crippen LogP contribution is 2.34. The number of unbranched alkanes of at least 4 members (excludes halogenated alkanes) is 1. The summed E-state index contributed by atoms with van der Waals surface area (Å²) in [5.41, 5.74) is 5.38. The van der Waals surface area contributed by atoms with Gasteiger partial charge in [-0.25, -0.2) is 17.6 Å². The van der Waals surface area contributed by atoms with Crippen molar-refractivity contribution in [2.24, 2.45) is 0 Å². The number of fused-ring (bicyclic) bond motifs is 1. The third kappa shape index (κ3) is 4.04. The minimum Gasteiger partial charge on any atom is -0.206 e. The highest BCUT2D eigenvalue weighted by atomic mass is 19.2. The lowest BCUT2D eigenvalue weighted by Gasteiger charge is -2.19. The largest absolute Gasteiger partial charge is 0.206 e. The minimum absolute atomic E-state index is 0.0101. The molecule has 0 saturated heterocycles. The van der Waals surface area contributed by atoms with Crippen LogP contribution >= 0.6 is 0 Å². The summed E-state index contributed by atoms with van der Waals surface area (Å²) in [6, 6.07) is 13.2. The van der Waals surface area contributed by atoms with Crippen LogP contribution in [-0.4, -0.2) is 0 Å². The Labute approximate surface area is 173 Å². The van der Waals surface area contributed by atoms with Crippen molar-refractivity contribution in [3.63, 3.8) is 0 Å². The summed E-state index contributed by atoms with van der Waals surface area (Å²) >= 11 is 0. The first kappa shape index (κ1) is 20.4. The van der Waals surface area contributed by atoms with E-state index in [0.29, 0.717) is 12.8 Å². The summed E-state index contributed by atoms with van der Waals surface area (Å²) in [6.45, 7) is 2.17. The predicted octanol–water partition coefficient (Wildman–Crippen LogP) is 7.43. The first-order valence-corrected chi connectivity index (χ1v) is 10.2. The summed E-state index contributed by atoms with van der Waals surface area (Å²) in [6.07, 6.45) is 6.69. The van der Waals surface area contributed by atoms with E-state index in [1.165, 1.54) is 18.1 Å². The van der Waals surface area contributed by atoms with Crippen molar-refractivity contribution in [1.82, 2.24) is 0 Å². The van der Waals surface area contributed by atoms with E-state index in [0.717, 1.165) is 47.2 Å². The molecule has 0 nitrogen and oxygen atoms in total. The standard InChI is InChI=1S/C26H22F4/c1-2-3-4-16-5-7-17(8-6-16)18-9-10-19-12-22(23(27)13-20(19)11-18)21-14-24(28)26(30)25(29)15-21/h5-9,12-15H,2-4,10-11H2,1H3. The molecule has 0 radical (unpaired) electrons. The maximum atomic E-state index is 14.8. The lowest BCUT2D eigenvalue weighted by molar-refractivity contribution is 0.447. The number of allylic oxidation sites excluding steroid dienone is 2. The summed E-state index contributed by atoms with van der Waals surface area (Å²) in [7, 11) is 0. The summed E-state index contributed by atoms with van der Waals surface area (Å²) in [5.74, 6) is -4.78. The van der Waals surface area contributed by atoms with Gasteiger partial charge in [-0.15, -0.1) is 0 Å². The number of benzene rings is 3. The SMILES string of the molecule is CCCCc1ccc(C2=CCc3cc(-c4cc(F)c(F)c(F)c4)c(F)cc3C2)cc1. The molecule has 0 atom stereocenters. The van der Waals surface area contributed by atoms with Crippen LogP contribution in [0, 0.1) is 23.3 Å². The second kappa shape index (κ2) is 8.47. The predicted molar refractivity (Wildman–Crippen MR) is 112 cm³/mol. The zero-order valence-electron chi connectivity index (χ0n) is 16.7. The average molecular weight is 410 g/mol. The summed E-state index contributed by atoms with van der Waals surface area (Å²) in [4.78, 5) is 0. The Bertz CT molecular complexity index is 1090. The van der Waals surface area contributed by atoms with Gasteiger partial charge in [-0.2, -0.15) is 0 Å². The molecule has 0 aromatic heterocycles. The lowest BCUT2D eigenvalue weighted by Crippen LogP contribution is -2.05. The quantitative estimate of drug-likeness (QED) is 0.303. The van der Waals surface area contributed by atoms with Gasteiger partial charge in [0.25, 0.3) is 0 Å². The Kier molecular flexibility index (Phi) is 5.76. The lowest BCUT2D eigenvalue weighted by atomic mass is 9.86. The van der Waals surface area contributed by atoms with Gasteiger partial charge in [0.15, 0.2) is 17.5 Å². The Morgan fingerprint density at radius 1 is 0.767 bits per heavy atom. The zero-order chi connectivity index (χ0) is 21.3. The fourth-order valence-electron chi connectivity index (χ4n) is 3.94. The number of hydrogen-bond acceptors (Lipinski definition) is 0. The molecule has 3 aromatic carbocycles. The summed E-state index contributed by atoms with van der Waals surface area (Å²) < 4.78 is 55.2. The molecule has 4 heteroatoms. The van der Waals surface area contributed by atoms with Crippen LogP contribution in [0.15, 0.2) is 54.6 Å². The van der Waals surface area contributed by atoms with Crippen molar-refractivity contribution >= 4 is 5.57 Å². The van der Waals surface area contributed by atoms with Gasteiger partial charge < -0.3 is 0 Å². The van der Waals surface area contributed by atoms with E-state index in [1.807, 2.05) is 0 Å². The van der Waals surface area contributed by atoms with Crippen LogP contribution in [0.2, 0.25) is 0 Å². The molecule has 0 bridgehead atoms. The maximum Gasteiger partial charge on any atom is 0.194 e. The van der Waals surface area contributed by atoms with Gasteiger partial charge >= 0.3 is 0 Å². The van der Waals surface area contributed by atoms with E-state index in [2.05, 4.69) is 37.3 Å². The molecule has 1 aliphatic rings. The van der Waals surface area contributed by atoms with Crippen LogP contribution in [0.5, 0.6) is 0 Å². The third-order valence-electron chi connectivity index (χ3n) is 5.68. The van der Waals surface area contributed by atoms with E-state index in [9.17, 15) is 17.6 Å². The summed E-state index contributed by atoms with van der Waals surface area (Å²) in [5, 5.41) is 0. The number of rotatable bonds is 5. The van der Waals surface area contributed by atoms with E-state index in [4.69, 9.17) is 0 Å². The molecule has 0 saturated carbocycles. The average Bonchev–Trinajstić information content (AvgIpc) is 2.75. The van der Waals surface area contributed by atoms with Crippen LogP contribution in [0.3, 0.4) is 0 Å². The van der Waals surface area contributed by atoms with Gasteiger partial charge in [0.2, 0.25) is 0 Å². The second-order valence-corrected chi connectivity index (χ2v) is 7.77. The van der Waals surface area contributed by atoms with Crippen molar-refractivity contribution in [3.8, 4) is 11.1 Å². The highest BCUT2D eigenvalue weighted by molar-refractivity contribution is 5.73. The molecule has 4 rings (SSSR count). The van der Waals surface area contributed by atoms with Crippen LogP contribution in [0.4, 0.5) is 17.6 Å². The topological polar surface area (TPSA) is 0 Å². The van der Waals surface area contributed by atoms with E-state index in [1.54, 1.807) is 6.07 Å². The molecule has 154 valence electrons. The van der Waals surface area contributed by atoms with Crippen molar-refractivity contribution in [2.45, 2.75) is 39.0 Å². The van der Waals surface area contributed by atoms with Gasteiger partial charge in [-0.1, -0.05) is 43.7 Å². The van der Waals surface area contributed by atoms with E-state index >= 15 is 0 Å². The molecule has 0 unspecified atom stereocenters. The number of halogens is 4. The van der Waals surface area contributed by atoms with Crippen molar-refractivity contribution in [3.05, 3.63) is 100 Å². The Balaban J connectivity index is 1.60. The van der Waals surface area contributed by atoms with Crippen LogP contribution in [-0.2, 0) is 19.3 Å². The van der Waals surface area contributed by atoms with Crippen molar-refractivity contribution in [2.75, 3.05) is 0 Å². The highest BCUT2D eigenvalue weighted by Gasteiger charge is 2.19. The second-order valence-electron chi connectivity index (χ2n) is 7.77. The third-order valence-corrected chi connectivity index (χ3v) is 5.68. The van der Waals surface area contributed by atoms with Crippen molar-refractivity contribution in [1.29, 1.82) is 0 Å². The molecule has 0 amide bonds. The molecule has 0 fully saturated rings. The fourth-order valence-corrected chi connectivity index (χ4v) is 3.94. The molecule has 30 heavy (non-hydrogen) atoms. The Morgan fingerprint density at radius 2 is 1.47 bits per heavy atom. The number of aryl methyl sites for hydroxylation is 1. The zero-order valence-corrected chi connectivity index (χ0v) is 16.7. The molecule has 0 N–H and O–H groups in total. The minimum atomic E-state index is -1.55. The fraction of sp³-hybridized carbons (Fsp3) is 0.231. The van der Waals surface area contributed by atoms with Gasteiger partial charge in [0, 0.05) is 5.56 Å². The van der Waals surface area contributed by atoms with Crippen LogP contribution < -0.4 is 0 Å². The molecular weight excluding hydrogens is 388 g/mol. The normalized spacial score (nSPS) is 13.2. The molecule has 0 aliphatic heterocycles. The van der Waals surface area contributed by atoms with Gasteiger partial charge in [0.1, 0.15) is 5.82 Å². The first-order valence-electron chi connectivity index (χ1n) is 10.2. The van der Waals surface area contributed by atoms with Gasteiger partial charge in [-0.05, 0) is 83.3 Å². The van der Waals surface area contributed by atoms with Gasteiger partial charge in [0.05, 0.1) is 0 Å². The molecular formula is C26H22F4. The van der Waals surface area contributed by atoms with Crippen LogP contribution in [0.25, 0.3) is 16.7 Å². The molecule has 0 heterocycles. The molecule has 0 spiro atoms. The smallest absolute Gasteiger partial charge is 0.194 e. The monoisotopic (exact) mass is 410 g/mol. The Hall–Kier alpha value is -2.88. The van der Waals surface area contributed by atoms with Crippen LogP contribution in [0.1, 0.15) is 42.0 Å². The van der Waals surface area contributed by atoms with E-state index < -0.39 is 23.3 Å². The molecule has 1 aliphatic carbocycles.